The molecule has 1 saturated heterocycles. The third-order valence-corrected chi connectivity index (χ3v) is 8.14. The molecule has 0 bridgehead atoms. The van der Waals surface area contributed by atoms with Crippen LogP contribution in [-0.4, -0.2) is 41.9 Å². The van der Waals surface area contributed by atoms with Gasteiger partial charge in [-0.2, -0.15) is 51.3 Å². The van der Waals surface area contributed by atoms with Gasteiger partial charge >= 0.3 is 18.5 Å². The highest BCUT2D eigenvalue weighted by atomic mass is 79.9. The fourth-order valence-corrected chi connectivity index (χ4v) is 5.26. The van der Waals surface area contributed by atoms with Crippen LogP contribution < -0.4 is 5.32 Å². The highest BCUT2D eigenvalue weighted by Crippen LogP contribution is 2.50. The van der Waals surface area contributed by atoms with Crippen molar-refractivity contribution in [3.8, 4) is 0 Å². The molecule has 1 fully saturated rings. The normalized spacial score (nSPS) is 21.0. The molecule has 1 N–H and O–H groups in total. The summed E-state index contributed by atoms with van der Waals surface area (Å²) in [5, 5.41) is 2.80. The number of aliphatic imine (C=N–C) groups is 1. The lowest BCUT2D eigenvalue weighted by Crippen LogP contribution is -2.44. The maximum Gasteiger partial charge on any atom is 0.416 e. The van der Waals surface area contributed by atoms with E-state index in [9.17, 15) is 44.3 Å². The van der Waals surface area contributed by atoms with E-state index in [1.165, 1.54) is 18.2 Å². The molecule has 2 aliphatic heterocycles. The van der Waals surface area contributed by atoms with Gasteiger partial charge in [0.1, 0.15) is 5.41 Å². The van der Waals surface area contributed by atoms with Crippen molar-refractivity contribution in [1.29, 1.82) is 0 Å². The fourth-order valence-electron chi connectivity index (χ4n) is 4.06. The summed E-state index contributed by atoms with van der Waals surface area (Å²) in [5.74, 6) is 1.11. The second-order valence-electron chi connectivity index (χ2n) is 8.72. The van der Waals surface area contributed by atoms with Crippen LogP contribution in [0.5, 0.6) is 0 Å². The molecule has 1 amide bonds. The van der Waals surface area contributed by atoms with Crippen molar-refractivity contribution >= 4 is 39.3 Å². The number of halogens is 10. The van der Waals surface area contributed by atoms with Crippen LogP contribution >= 0.6 is 27.7 Å². The Morgan fingerprint density at radius 3 is 2.00 bits per heavy atom. The van der Waals surface area contributed by atoms with E-state index in [-0.39, 0.29) is 45.6 Å². The van der Waals surface area contributed by atoms with Gasteiger partial charge in [-0.1, -0.05) is 6.07 Å². The lowest BCUT2D eigenvalue weighted by molar-refractivity contribution is -0.184. The quantitative estimate of drug-likeness (QED) is 0.374. The lowest BCUT2D eigenvalue weighted by Gasteiger charge is -2.32. The number of hydrogen-bond acceptors (Lipinski definition) is 3. The summed E-state index contributed by atoms with van der Waals surface area (Å²) < 4.78 is 123. The summed E-state index contributed by atoms with van der Waals surface area (Å²) in [6.45, 7) is -1.09. The Balaban J connectivity index is 1.70. The number of thioether (sulfide) groups is 1. The van der Waals surface area contributed by atoms with Crippen molar-refractivity contribution in [2.24, 2.45) is 4.99 Å². The number of rotatable bonds is 4. The molecule has 0 radical (unpaired) electrons. The zero-order chi connectivity index (χ0) is 27.4. The Kier molecular flexibility index (Phi) is 7.15. The molecule has 0 spiro atoms. The predicted molar refractivity (Wildman–Crippen MR) is 123 cm³/mol. The van der Waals surface area contributed by atoms with E-state index in [0.717, 1.165) is 11.5 Å². The number of carbonyl (C=O) groups excluding carboxylic acids is 1. The van der Waals surface area contributed by atoms with Crippen LogP contribution in [0.15, 0.2) is 45.9 Å². The largest absolute Gasteiger partial charge is 0.416 e. The van der Waals surface area contributed by atoms with Crippen molar-refractivity contribution < 1.29 is 44.3 Å². The number of alkyl halides is 9. The molecule has 2 aromatic carbocycles. The van der Waals surface area contributed by atoms with E-state index in [2.05, 4.69) is 26.2 Å². The number of hydrogen-bond donors (Lipinski definition) is 1. The first kappa shape index (κ1) is 27.8. The second kappa shape index (κ2) is 9.51. The van der Waals surface area contributed by atoms with E-state index in [4.69, 9.17) is 0 Å². The summed E-state index contributed by atoms with van der Waals surface area (Å²) in [4.78, 5) is 16.3. The van der Waals surface area contributed by atoms with Crippen LogP contribution in [0, 0.1) is 0 Å². The predicted octanol–water partition coefficient (Wildman–Crippen LogP) is 7.03. The first-order valence-corrected chi connectivity index (χ1v) is 12.5. The molecular weight excluding hydrogens is 603 g/mol. The van der Waals surface area contributed by atoms with Crippen LogP contribution in [-0.2, 0) is 17.8 Å². The van der Waals surface area contributed by atoms with Gasteiger partial charge in [-0.3, -0.25) is 9.79 Å². The van der Waals surface area contributed by atoms with E-state index in [0.29, 0.717) is 0 Å². The third-order valence-electron chi connectivity index (χ3n) is 6.21. The number of amides is 1. The van der Waals surface area contributed by atoms with E-state index >= 15 is 0 Å². The molecule has 0 aliphatic carbocycles. The Hall–Kier alpha value is -2.22. The van der Waals surface area contributed by atoms with Gasteiger partial charge in [0, 0.05) is 34.2 Å². The molecule has 0 saturated carbocycles. The van der Waals surface area contributed by atoms with Gasteiger partial charge in [-0.25, -0.2) is 0 Å². The zero-order valence-electron chi connectivity index (χ0n) is 18.4. The first-order chi connectivity index (χ1) is 17.0. The molecule has 2 heterocycles. The second-order valence-corrected chi connectivity index (χ2v) is 10.6. The van der Waals surface area contributed by atoms with Crippen molar-refractivity contribution in [2.75, 3.05) is 18.1 Å². The Morgan fingerprint density at radius 1 is 0.946 bits per heavy atom. The SMILES string of the molecule is O=C(NC1CSC1)c1ccc(C2=NCC(c3cc(C(F)(F)F)cc(C(F)(F)F)c3)(C(F)(F)F)C2)cc1Br. The molecule has 1 unspecified atom stereocenters. The first-order valence-electron chi connectivity index (χ1n) is 10.6. The minimum atomic E-state index is -5.30. The molecule has 37 heavy (non-hydrogen) atoms. The standard InChI is InChI=1S/C23H16BrF9N2OS/c24-17-3-11(1-2-16(17)19(36)35-15-8-37-9-15)18-7-20(10-34-18,23(31,32)33)12-4-13(21(25,26)27)6-14(5-12)22(28,29)30/h1-6,15H,7-10H2,(H,35,36). The van der Waals surface area contributed by atoms with Crippen LogP contribution in [0.25, 0.3) is 0 Å². The molecule has 200 valence electrons. The monoisotopic (exact) mass is 618 g/mol. The van der Waals surface area contributed by atoms with Crippen LogP contribution in [0.4, 0.5) is 39.5 Å². The van der Waals surface area contributed by atoms with Gasteiger partial charge in [0.15, 0.2) is 0 Å². The molecule has 14 heteroatoms. The van der Waals surface area contributed by atoms with Crippen molar-refractivity contribution in [1.82, 2.24) is 5.32 Å². The molecule has 1 atom stereocenters. The van der Waals surface area contributed by atoms with Crippen molar-refractivity contribution in [2.45, 2.75) is 36.4 Å². The Bertz CT molecular complexity index is 1220. The summed E-state index contributed by atoms with van der Waals surface area (Å²) in [6.07, 6.45) is -16.8. The zero-order valence-corrected chi connectivity index (χ0v) is 20.8. The van der Waals surface area contributed by atoms with E-state index in [1.807, 2.05) is 0 Å². The van der Waals surface area contributed by atoms with Gasteiger partial charge in [-0.05, 0) is 57.4 Å². The minimum Gasteiger partial charge on any atom is -0.348 e. The third kappa shape index (κ3) is 5.50. The number of nitrogens with one attached hydrogen (secondary N) is 1. The van der Waals surface area contributed by atoms with Gasteiger partial charge in [0.05, 0.1) is 23.2 Å². The maximum atomic E-state index is 14.4. The fraction of sp³-hybridized carbons (Fsp3) is 0.391. The molecule has 3 nitrogen and oxygen atoms in total. The average Bonchev–Trinajstić information content (AvgIpc) is 3.21. The van der Waals surface area contributed by atoms with E-state index < -0.39 is 59.5 Å². The number of carbonyl (C=O) groups is 1. The van der Waals surface area contributed by atoms with Crippen LogP contribution in [0.2, 0.25) is 0 Å². The van der Waals surface area contributed by atoms with Gasteiger partial charge in [0.25, 0.3) is 5.91 Å². The smallest absolute Gasteiger partial charge is 0.348 e. The minimum absolute atomic E-state index is 0.00439. The Labute approximate surface area is 217 Å². The molecule has 2 aliphatic rings. The average molecular weight is 619 g/mol. The molecule has 0 aromatic heterocycles. The molecular formula is C23H16BrF9N2OS. The molecule has 2 aromatic rings. The van der Waals surface area contributed by atoms with Gasteiger partial charge < -0.3 is 5.32 Å². The highest BCUT2D eigenvalue weighted by Gasteiger charge is 2.59. The van der Waals surface area contributed by atoms with Crippen molar-refractivity contribution in [3.05, 3.63) is 68.7 Å². The van der Waals surface area contributed by atoms with E-state index in [1.54, 1.807) is 11.8 Å². The van der Waals surface area contributed by atoms with Crippen LogP contribution in [0.3, 0.4) is 0 Å². The van der Waals surface area contributed by atoms with Crippen LogP contribution in [0.1, 0.15) is 39.0 Å². The van der Waals surface area contributed by atoms with Crippen molar-refractivity contribution in [3.63, 3.8) is 0 Å². The maximum absolute atomic E-state index is 14.4. The summed E-state index contributed by atoms with van der Waals surface area (Å²) in [5.41, 5.74) is -7.74. The number of nitrogens with zero attached hydrogens (tertiary/aromatic N) is 1. The van der Waals surface area contributed by atoms with Gasteiger partial charge in [0.2, 0.25) is 0 Å². The topological polar surface area (TPSA) is 41.5 Å². The lowest BCUT2D eigenvalue weighted by atomic mass is 9.75. The summed E-state index contributed by atoms with van der Waals surface area (Å²) >= 11 is 4.86. The highest BCUT2D eigenvalue weighted by molar-refractivity contribution is 9.10. The van der Waals surface area contributed by atoms with Gasteiger partial charge in [-0.15, -0.1) is 0 Å². The summed E-state index contributed by atoms with van der Waals surface area (Å²) in [7, 11) is 0. The number of benzene rings is 2. The Morgan fingerprint density at radius 2 is 1.54 bits per heavy atom. The molecule has 4 rings (SSSR count). The summed E-state index contributed by atoms with van der Waals surface area (Å²) in [6, 6.07) is 4.05.